The minimum Gasteiger partial charge on any atom is -0.456 e. The fourth-order valence-electron chi connectivity index (χ4n) is 1.91. The van der Waals surface area contributed by atoms with Crippen LogP contribution in [0.5, 0.6) is 0 Å². The first-order valence-electron chi connectivity index (χ1n) is 6.46. The first-order chi connectivity index (χ1) is 9.63. The summed E-state index contributed by atoms with van der Waals surface area (Å²) < 4.78 is 6.53. The van der Waals surface area contributed by atoms with Gasteiger partial charge in [0, 0.05) is 19.7 Å². The van der Waals surface area contributed by atoms with Gasteiger partial charge >= 0.3 is 0 Å². The topological polar surface area (TPSA) is 68.3 Å². The second-order valence-corrected chi connectivity index (χ2v) is 4.55. The molecule has 0 atom stereocenters. The number of anilines is 1. The molecule has 0 aromatic carbocycles. The van der Waals surface area contributed by atoms with E-state index in [0.717, 1.165) is 18.7 Å². The zero-order valence-electron chi connectivity index (χ0n) is 11.6. The standard InChI is InChI=1S/C14H17N3O3/c1-3-6-16(2)11-7-14(19)17(15-8-11)9-12-4-5-13(10-18)20-12/h4-5,7-8,10H,3,6,9H2,1-2H3. The monoisotopic (exact) mass is 275 g/mol. The van der Waals surface area contributed by atoms with E-state index < -0.39 is 0 Å². The van der Waals surface area contributed by atoms with E-state index in [2.05, 4.69) is 12.0 Å². The summed E-state index contributed by atoms with van der Waals surface area (Å²) in [5.41, 5.74) is 0.593. The molecule has 0 spiro atoms. The largest absolute Gasteiger partial charge is 0.456 e. The Morgan fingerprint density at radius 1 is 1.45 bits per heavy atom. The van der Waals surface area contributed by atoms with Crippen LogP contribution in [0.2, 0.25) is 0 Å². The van der Waals surface area contributed by atoms with Gasteiger partial charge in [0.15, 0.2) is 12.0 Å². The van der Waals surface area contributed by atoms with Crippen LogP contribution in [0, 0.1) is 0 Å². The fraction of sp³-hybridized carbons (Fsp3) is 0.357. The first kappa shape index (κ1) is 14.0. The van der Waals surface area contributed by atoms with Crippen molar-refractivity contribution in [3.05, 3.63) is 46.3 Å². The normalized spacial score (nSPS) is 10.5. The summed E-state index contributed by atoms with van der Waals surface area (Å²) in [6.07, 6.45) is 3.28. The molecule has 2 heterocycles. The van der Waals surface area contributed by atoms with Crippen LogP contribution in [-0.2, 0) is 6.54 Å². The smallest absolute Gasteiger partial charge is 0.269 e. The van der Waals surface area contributed by atoms with Crippen LogP contribution in [-0.4, -0.2) is 29.7 Å². The lowest BCUT2D eigenvalue weighted by molar-refractivity contribution is 0.109. The van der Waals surface area contributed by atoms with Gasteiger partial charge in [-0.05, 0) is 18.6 Å². The average Bonchev–Trinajstić information content (AvgIpc) is 2.89. The van der Waals surface area contributed by atoms with E-state index in [9.17, 15) is 9.59 Å². The van der Waals surface area contributed by atoms with Crippen molar-refractivity contribution in [3.8, 4) is 0 Å². The van der Waals surface area contributed by atoms with E-state index in [4.69, 9.17) is 4.42 Å². The molecule has 2 aromatic rings. The summed E-state index contributed by atoms with van der Waals surface area (Å²) >= 11 is 0. The molecule has 6 nitrogen and oxygen atoms in total. The van der Waals surface area contributed by atoms with Gasteiger partial charge in [-0.1, -0.05) is 6.92 Å². The molecule has 0 radical (unpaired) electrons. The van der Waals surface area contributed by atoms with Gasteiger partial charge in [-0.3, -0.25) is 9.59 Å². The van der Waals surface area contributed by atoms with Crippen molar-refractivity contribution in [2.24, 2.45) is 0 Å². The Labute approximate surface area is 116 Å². The quantitative estimate of drug-likeness (QED) is 0.748. The van der Waals surface area contributed by atoms with Crippen molar-refractivity contribution >= 4 is 12.0 Å². The van der Waals surface area contributed by atoms with Crippen LogP contribution in [0.3, 0.4) is 0 Å². The number of rotatable bonds is 6. The summed E-state index contributed by atoms with van der Waals surface area (Å²) in [5, 5.41) is 4.13. The summed E-state index contributed by atoms with van der Waals surface area (Å²) in [4.78, 5) is 24.5. The van der Waals surface area contributed by atoms with Crippen molar-refractivity contribution in [2.75, 3.05) is 18.5 Å². The van der Waals surface area contributed by atoms with Crippen LogP contribution >= 0.6 is 0 Å². The van der Waals surface area contributed by atoms with E-state index in [-0.39, 0.29) is 17.9 Å². The highest BCUT2D eigenvalue weighted by molar-refractivity contribution is 5.70. The number of carbonyl (C=O) groups is 1. The van der Waals surface area contributed by atoms with Crippen molar-refractivity contribution in [3.63, 3.8) is 0 Å². The predicted molar refractivity (Wildman–Crippen MR) is 75.3 cm³/mol. The number of carbonyl (C=O) groups excluding carboxylic acids is 1. The Kier molecular flexibility index (Phi) is 4.34. The molecule has 0 amide bonds. The Morgan fingerprint density at radius 2 is 2.25 bits per heavy atom. The molecule has 0 saturated heterocycles. The molecule has 20 heavy (non-hydrogen) atoms. The highest BCUT2D eigenvalue weighted by Gasteiger charge is 2.07. The molecule has 2 aromatic heterocycles. The zero-order valence-corrected chi connectivity index (χ0v) is 11.6. The summed E-state index contributed by atoms with van der Waals surface area (Å²) in [6.45, 7) is 3.16. The Morgan fingerprint density at radius 3 is 2.85 bits per heavy atom. The van der Waals surface area contributed by atoms with E-state index in [1.54, 1.807) is 24.4 Å². The number of aldehydes is 1. The molecule has 0 N–H and O–H groups in total. The minimum atomic E-state index is -0.200. The van der Waals surface area contributed by atoms with Crippen LogP contribution in [0.25, 0.3) is 0 Å². The number of hydrogen-bond donors (Lipinski definition) is 0. The molecule has 0 aliphatic rings. The molecule has 106 valence electrons. The predicted octanol–water partition coefficient (Wildman–Crippen LogP) is 1.54. The minimum absolute atomic E-state index is 0.200. The highest BCUT2D eigenvalue weighted by Crippen LogP contribution is 2.09. The number of hydrogen-bond acceptors (Lipinski definition) is 5. The van der Waals surface area contributed by atoms with Gasteiger partial charge in [0.1, 0.15) is 12.3 Å². The number of nitrogens with zero attached hydrogens (tertiary/aromatic N) is 3. The van der Waals surface area contributed by atoms with Gasteiger partial charge < -0.3 is 9.32 Å². The van der Waals surface area contributed by atoms with Crippen LogP contribution < -0.4 is 10.5 Å². The van der Waals surface area contributed by atoms with E-state index in [1.165, 1.54) is 4.68 Å². The zero-order chi connectivity index (χ0) is 14.5. The van der Waals surface area contributed by atoms with Gasteiger partial charge in [0.05, 0.1) is 11.9 Å². The van der Waals surface area contributed by atoms with Gasteiger partial charge in [-0.25, -0.2) is 4.68 Å². The number of aromatic nitrogens is 2. The average molecular weight is 275 g/mol. The maximum atomic E-state index is 12.0. The first-order valence-corrected chi connectivity index (χ1v) is 6.46. The van der Waals surface area contributed by atoms with E-state index in [1.807, 2.05) is 11.9 Å². The maximum absolute atomic E-state index is 12.0. The van der Waals surface area contributed by atoms with Gasteiger partial charge in [-0.15, -0.1) is 0 Å². The molecule has 0 bridgehead atoms. The van der Waals surface area contributed by atoms with Crippen molar-refractivity contribution in [2.45, 2.75) is 19.9 Å². The van der Waals surface area contributed by atoms with E-state index >= 15 is 0 Å². The Hall–Kier alpha value is -2.37. The van der Waals surface area contributed by atoms with E-state index in [0.29, 0.717) is 12.0 Å². The second-order valence-electron chi connectivity index (χ2n) is 4.55. The molecular weight excluding hydrogens is 258 g/mol. The Balaban J connectivity index is 2.17. The lowest BCUT2D eigenvalue weighted by atomic mass is 10.3. The Bertz CT molecular complexity index is 645. The lowest BCUT2D eigenvalue weighted by Crippen LogP contribution is -2.26. The summed E-state index contributed by atoms with van der Waals surface area (Å²) in [6, 6.07) is 4.78. The van der Waals surface area contributed by atoms with Crippen LogP contribution in [0.4, 0.5) is 5.69 Å². The molecule has 0 fully saturated rings. The molecule has 6 heteroatoms. The lowest BCUT2D eigenvalue weighted by Gasteiger charge is -2.17. The molecule has 0 aliphatic carbocycles. The van der Waals surface area contributed by atoms with Crippen molar-refractivity contribution in [1.29, 1.82) is 0 Å². The highest BCUT2D eigenvalue weighted by atomic mass is 16.3. The third-order valence-corrected chi connectivity index (χ3v) is 2.96. The van der Waals surface area contributed by atoms with Crippen molar-refractivity contribution < 1.29 is 9.21 Å². The molecule has 0 unspecified atom stereocenters. The van der Waals surface area contributed by atoms with Gasteiger partial charge in [0.2, 0.25) is 0 Å². The third kappa shape index (κ3) is 3.14. The molecule has 0 saturated carbocycles. The second kappa shape index (κ2) is 6.18. The SMILES string of the molecule is CCCN(C)c1cnn(Cc2ccc(C=O)o2)c(=O)c1. The maximum Gasteiger partial charge on any atom is 0.269 e. The van der Waals surface area contributed by atoms with Crippen LogP contribution in [0.15, 0.2) is 33.6 Å². The molecule has 0 aliphatic heterocycles. The summed E-state index contributed by atoms with van der Waals surface area (Å²) in [5.74, 6) is 0.767. The third-order valence-electron chi connectivity index (χ3n) is 2.96. The summed E-state index contributed by atoms with van der Waals surface area (Å²) in [7, 11) is 1.92. The van der Waals surface area contributed by atoms with Crippen molar-refractivity contribution in [1.82, 2.24) is 9.78 Å². The van der Waals surface area contributed by atoms with Gasteiger partial charge in [-0.2, -0.15) is 5.10 Å². The van der Waals surface area contributed by atoms with Gasteiger partial charge in [0.25, 0.3) is 5.56 Å². The molecule has 2 rings (SSSR count). The van der Waals surface area contributed by atoms with Crippen LogP contribution in [0.1, 0.15) is 29.7 Å². The molecular formula is C14H17N3O3. The fourth-order valence-corrected chi connectivity index (χ4v) is 1.91. The number of furan rings is 1.